The van der Waals surface area contributed by atoms with E-state index in [9.17, 15) is 0 Å². The van der Waals surface area contributed by atoms with Crippen molar-refractivity contribution in [1.29, 1.82) is 0 Å². The second-order valence-electron chi connectivity index (χ2n) is 5.07. The number of likely N-dealkylation sites (N-methyl/N-ethyl adjacent to an activating group) is 2. The Balaban J connectivity index is 2.16. The Labute approximate surface area is 103 Å². The molecular weight excluding hydrogens is 214 g/mol. The quantitative estimate of drug-likeness (QED) is 0.790. The summed E-state index contributed by atoms with van der Waals surface area (Å²) in [5.41, 5.74) is 7.52. The number of nitrogens with two attached hydrogens (primary N) is 1. The first-order valence-electron chi connectivity index (χ1n) is 6.22. The number of hydrogen-bond donors (Lipinski definition) is 1. The summed E-state index contributed by atoms with van der Waals surface area (Å²) in [6.45, 7) is 3.28. The van der Waals surface area contributed by atoms with Gasteiger partial charge in [-0.3, -0.25) is 4.68 Å². The molecule has 0 aromatic carbocycles. The van der Waals surface area contributed by atoms with Crippen LogP contribution >= 0.6 is 0 Å². The van der Waals surface area contributed by atoms with Gasteiger partial charge in [-0.05, 0) is 39.7 Å². The summed E-state index contributed by atoms with van der Waals surface area (Å²) in [4.78, 5) is 4.74. The zero-order valence-corrected chi connectivity index (χ0v) is 11.0. The predicted molar refractivity (Wildman–Crippen MR) is 68.7 cm³/mol. The van der Waals surface area contributed by atoms with Gasteiger partial charge in [0.25, 0.3) is 0 Å². The predicted octanol–water partition coefficient (Wildman–Crippen LogP) is 0.0558. The molecule has 2 heterocycles. The van der Waals surface area contributed by atoms with Crippen LogP contribution in [0.2, 0.25) is 0 Å². The maximum Gasteiger partial charge on any atom is 0.0637 e. The van der Waals surface area contributed by atoms with Crippen molar-refractivity contribution in [2.75, 3.05) is 33.7 Å². The van der Waals surface area contributed by atoms with Gasteiger partial charge in [0.05, 0.1) is 11.7 Å². The SMILES string of the molecule is CN1CCCN(C)C(C(N)c2ccnn2C)C1. The van der Waals surface area contributed by atoms with Crippen LogP contribution in [0.3, 0.4) is 0 Å². The van der Waals surface area contributed by atoms with Gasteiger partial charge < -0.3 is 15.5 Å². The van der Waals surface area contributed by atoms with Crippen LogP contribution in [0.15, 0.2) is 12.3 Å². The van der Waals surface area contributed by atoms with Crippen molar-refractivity contribution >= 4 is 0 Å². The normalized spacial score (nSPS) is 25.8. The monoisotopic (exact) mass is 237 g/mol. The lowest BCUT2D eigenvalue weighted by atomic mass is 10.0. The standard InChI is InChI=1S/C12H23N5/c1-15-7-4-8-16(2)11(9-15)12(13)10-5-6-14-17(10)3/h5-6,11-12H,4,7-9,13H2,1-3H3. The summed E-state index contributed by atoms with van der Waals surface area (Å²) in [5, 5.41) is 4.20. The fraction of sp³-hybridized carbons (Fsp3) is 0.750. The van der Waals surface area contributed by atoms with Crippen molar-refractivity contribution in [2.24, 2.45) is 12.8 Å². The lowest BCUT2D eigenvalue weighted by Crippen LogP contribution is -2.45. The van der Waals surface area contributed by atoms with Crippen LogP contribution in [0.4, 0.5) is 0 Å². The van der Waals surface area contributed by atoms with Gasteiger partial charge >= 0.3 is 0 Å². The van der Waals surface area contributed by atoms with Crippen LogP contribution < -0.4 is 5.73 Å². The number of hydrogen-bond acceptors (Lipinski definition) is 4. The second-order valence-corrected chi connectivity index (χ2v) is 5.07. The van der Waals surface area contributed by atoms with E-state index in [0.29, 0.717) is 6.04 Å². The molecule has 0 saturated carbocycles. The summed E-state index contributed by atoms with van der Waals surface area (Å²) in [5.74, 6) is 0. The van der Waals surface area contributed by atoms with Gasteiger partial charge in [0, 0.05) is 25.8 Å². The zero-order chi connectivity index (χ0) is 12.4. The highest BCUT2D eigenvalue weighted by atomic mass is 15.3. The second kappa shape index (κ2) is 5.16. The Morgan fingerprint density at radius 1 is 1.35 bits per heavy atom. The van der Waals surface area contributed by atoms with Gasteiger partial charge in [0.2, 0.25) is 0 Å². The Hall–Kier alpha value is -0.910. The highest BCUT2D eigenvalue weighted by Gasteiger charge is 2.28. The minimum Gasteiger partial charge on any atom is -0.321 e. The summed E-state index contributed by atoms with van der Waals surface area (Å²) >= 11 is 0. The van der Waals surface area contributed by atoms with Gasteiger partial charge in [0.1, 0.15) is 0 Å². The van der Waals surface area contributed by atoms with Crippen molar-refractivity contribution in [3.8, 4) is 0 Å². The average Bonchev–Trinajstić information content (AvgIpc) is 2.63. The van der Waals surface area contributed by atoms with Crippen molar-refractivity contribution in [3.05, 3.63) is 18.0 Å². The van der Waals surface area contributed by atoms with Crippen LogP contribution in [0.1, 0.15) is 18.2 Å². The molecule has 5 heteroatoms. The highest BCUT2D eigenvalue weighted by molar-refractivity contribution is 5.09. The molecule has 1 aromatic rings. The average molecular weight is 237 g/mol. The van der Waals surface area contributed by atoms with E-state index in [-0.39, 0.29) is 6.04 Å². The minimum absolute atomic E-state index is 0.0213. The van der Waals surface area contributed by atoms with Crippen LogP contribution in [-0.2, 0) is 7.05 Å². The third kappa shape index (κ3) is 2.68. The van der Waals surface area contributed by atoms with Crippen molar-refractivity contribution in [2.45, 2.75) is 18.5 Å². The summed E-state index contributed by atoms with van der Waals surface area (Å²) < 4.78 is 1.88. The number of aromatic nitrogens is 2. The van der Waals surface area contributed by atoms with Crippen molar-refractivity contribution in [1.82, 2.24) is 19.6 Å². The molecule has 17 heavy (non-hydrogen) atoms. The molecule has 5 nitrogen and oxygen atoms in total. The molecule has 2 unspecified atom stereocenters. The molecule has 0 bridgehead atoms. The van der Waals surface area contributed by atoms with Crippen molar-refractivity contribution in [3.63, 3.8) is 0 Å². The van der Waals surface area contributed by atoms with E-state index in [0.717, 1.165) is 25.3 Å². The maximum atomic E-state index is 6.41. The molecule has 1 aliphatic rings. The zero-order valence-electron chi connectivity index (χ0n) is 11.0. The molecule has 0 amide bonds. The molecule has 0 spiro atoms. The van der Waals surface area contributed by atoms with E-state index in [1.165, 1.54) is 6.42 Å². The fourth-order valence-corrected chi connectivity index (χ4v) is 2.60. The van der Waals surface area contributed by atoms with Gasteiger partial charge in [-0.25, -0.2) is 0 Å². The molecule has 2 rings (SSSR count). The molecule has 1 fully saturated rings. The van der Waals surface area contributed by atoms with Gasteiger partial charge in [-0.2, -0.15) is 5.10 Å². The minimum atomic E-state index is 0.0213. The fourth-order valence-electron chi connectivity index (χ4n) is 2.60. The lowest BCUT2D eigenvalue weighted by Gasteiger charge is -2.32. The van der Waals surface area contributed by atoms with Crippen molar-refractivity contribution < 1.29 is 0 Å². The summed E-state index contributed by atoms with van der Waals surface area (Å²) in [7, 11) is 6.29. The van der Waals surface area contributed by atoms with E-state index in [2.05, 4.69) is 29.0 Å². The number of rotatable bonds is 2. The molecule has 1 saturated heterocycles. The smallest absolute Gasteiger partial charge is 0.0637 e. The first-order valence-corrected chi connectivity index (χ1v) is 6.22. The third-order valence-corrected chi connectivity index (χ3v) is 3.73. The number of aryl methyl sites for hydroxylation is 1. The van der Waals surface area contributed by atoms with Crippen LogP contribution in [0.25, 0.3) is 0 Å². The highest BCUT2D eigenvalue weighted by Crippen LogP contribution is 2.20. The Morgan fingerprint density at radius 2 is 2.12 bits per heavy atom. The molecule has 96 valence electrons. The van der Waals surface area contributed by atoms with E-state index < -0.39 is 0 Å². The molecule has 0 aliphatic carbocycles. The Morgan fingerprint density at radius 3 is 2.76 bits per heavy atom. The van der Waals surface area contributed by atoms with Gasteiger partial charge in [-0.1, -0.05) is 0 Å². The van der Waals surface area contributed by atoms with Gasteiger partial charge in [0.15, 0.2) is 0 Å². The first-order chi connectivity index (χ1) is 8.09. The Kier molecular flexibility index (Phi) is 3.81. The van der Waals surface area contributed by atoms with Crippen LogP contribution in [0.5, 0.6) is 0 Å². The molecule has 2 N–H and O–H groups in total. The van der Waals surface area contributed by atoms with Crippen LogP contribution in [-0.4, -0.2) is 59.4 Å². The van der Waals surface area contributed by atoms with E-state index in [4.69, 9.17) is 5.73 Å². The molecule has 1 aliphatic heterocycles. The lowest BCUT2D eigenvalue weighted by molar-refractivity contribution is 0.193. The largest absolute Gasteiger partial charge is 0.321 e. The maximum absolute atomic E-state index is 6.41. The summed E-state index contributed by atoms with van der Waals surface area (Å²) in [6, 6.07) is 2.40. The van der Waals surface area contributed by atoms with Crippen LogP contribution in [0, 0.1) is 0 Å². The summed E-state index contributed by atoms with van der Waals surface area (Å²) in [6.07, 6.45) is 3.03. The number of nitrogens with zero attached hydrogens (tertiary/aromatic N) is 4. The topological polar surface area (TPSA) is 50.3 Å². The Bertz CT molecular complexity index is 362. The molecule has 0 radical (unpaired) electrons. The third-order valence-electron chi connectivity index (χ3n) is 3.73. The van der Waals surface area contributed by atoms with Gasteiger partial charge in [-0.15, -0.1) is 0 Å². The molecule has 2 atom stereocenters. The van der Waals surface area contributed by atoms with E-state index >= 15 is 0 Å². The first kappa shape index (κ1) is 12.5. The van der Waals surface area contributed by atoms with E-state index in [1.54, 1.807) is 0 Å². The molecular formula is C12H23N5. The van der Waals surface area contributed by atoms with E-state index in [1.807, 2.05) is 24.0 Å². The molecule has 1 aromatic heterocycles.